The topological polar surface area (TPSA) is 38.7 Å². The van der Waals surface area contributed by atoms with Crippen LogP contribution in [0.5, 0.6) is 0 Å². The molecule has 0 atom stereocenters. The third-order valence-corrected chi connectivity index (χ3v) is 12.4. The molecule has 3 nitrogen and oxygen atoms in total. The molecule has 5 heteroatoms. The van der Waals surface area contributed by atoms with Gasteiger partial charge < -0.3 is 0 Å². The highest BCUT2D eigenvalue weighted by Crippen LogP contribution is 2.46. The number of pyridine rings is 1. The van der Waals surface area contributed by atoms with Gasteiger partial charge in [0.15, 0.2) is 5.82 Å². The molecule has 0 amide bonds. The van der Waals surface area contributed by atoms with E-state index in [0.29, 0.717) is 0 Å². The van der Waals surface area contributed by atoms with E-state index in [4.69, 9.17) is 15.0 Å². The number of rotatable bonds is 4. The van der Waals surface area contributed by atoms with Crippen LogP contribution >= 0.6 is 22.7 Å². The first-order valence-corrected chi connectivity index (χ1v) is 19.0. The van der Waals surface area contributed by atoms with E-state index >= 15 is 0 Å². The van der Waals surface area contributed by atoms with Crippen molar-refractivity contribution in [3.63, 3.8) is 0 Å². The number of aromatic nitrogens is 3. The van der Waals surface area contributed by atoms with Gasteiger partial charge in [-0.3, -0.25) is 0 Å². The fourth-order valence-electron chi connectivity index (χ4n) is 7.77. The Morgan fingerprint density at radius 3 is 1.88 bits per heavy atom. The molecule has 0 saturated carbocycles. The molecule has 0 bridgehead atoms. The van der Waals surface area contributed by atoms with Crippen LogP contribution in [0.4, 0.5) is 0 Å². The van der Waals surface area contributed by atoms with Crippen LogP contribution in [0.1, 0.15) is 0 Å². The number of fused-ring (bicyclic) bond motifs is 10. The lowest BCUT2D eigenvalue weighted by Gasteiger charge is -2.12. The minimum Gasteiger partial charge on any atom is -0.247 e. The summed E-state index contributed by atoms with van der Waals surface area (Å²) in [4.78, 5) is 15.9. The Hall–Kier alpha value is -6.27. The van der Waals surface area contributed by atoms with Crippen LogP contribution in [0, 0.1) is 0 Å². The van der Waals surface area contributed by atoms with Gasteiger partial charge >= 0.3 is 0 Å². The molecule has 4 heterocycles. The van der Waals surface area contributed by atoms with E-state index in [1.165, 1.54) is 45.7 Å². The van der Waals surface area contributed by atoms with Gasteiger partial charge in [-0.1, -0.05) is 127 Å². The van der Waals surface area contributed by atoms with Crippen molar-refractivity contribution >= 4 is 84.7 Å². The largest absolute Gasteiger partial charge is 0.247 e. The van der Waals surface area contributed by atoms with Gasteiger partial charge in [-0.05, 0) is 36.4 Å². The molecule has 0 fully saturated rings. The van der Waals surface area contributed by atoms with E-state index in [2.05, 4.69) is 164 Å². The smallest absolute Gasteiger partial charge is 0.161 e. The molecule has 11 aromatic rings. The number of hydrogen-bond donors (Lipinski definition) is 0. The molecule has 242 valence electrons. The lowest BCUT2D eigenvalue weighted by Crippen LogP contribution is -1.96. The van der Waals surface area contributed by atoms with Gasteiger partial charge in [0.05, 0.1) is 22.6 Å². The molecule has 0 unspecified atom stereocenters. The quantitative estimate of drug-likeness (QED) is 0.172. The highest BCUT2D eigenvalue weighted by molar-refractivity contribution is 7.26. The van der Waals surface area contributed by atoms with Crippen molar-refractivity contribution in [3.05, 3.63) is 164 Å². The Kier molecular flexibility index (Phi) is 6.59. The standard InChI is InChI=1S/C47H27N3S2/c1-3-13-28(14-4-1)37-27-38(31-19-12-24-40-42(31)32-18-8-10-23-39(32)51-40)50-47(49-37)35-21-11-20-34-44-41(52-46(34)35)26-25-33-43(44)30-17-7-9-22-36(30)48-45(33)29-15-5-2-6-16-29/h1-27H. The normalized spacial score (nSPS) is 11.8. The van der Waals surface area contributed by atoms with E-state index in [1.54, 1.807) is 0 Å². The number of benzene rings is 7. The van der Waals surface area contributed by atoms with Crippen LogP contribution in [-0.4, -0.2) is 15.0 Å². The van der Waals surface area contributed by atoms with Gasteiger partial charge in [0.2, 0.25) is 0 Å². The zero-order chi connectivity index (χ0) is 34.2. The summed E-state index contributed by atoms with van der Waals surface area (Å²) in [5.41, 5.74) is 8.17. The first-order valence-electron chi connectivity index (χ1n) is 17.4. The molecule has 7 aromatic carbocycles. The Balaban J connectivity index is 1.21. The maximum Gasteiger partial charge on any atom is 0.161 e. The molecule has 0 N–H and O–H groups in total. The molecule has 0 spiro atoms. The summed E-state index contributed by atoms with van der Waals surface area (Å²) in [5.74, 6) is 0.728. The first kappa shape index (κ1) is 29.5. The summed E-state index contributed by atoms with van der Waals surface area (Å²) >= 11 is 3.65. The molecule has 11 rings (SSSR count). The third kappa shape index (κ3) is 4.53. The first-order chi connectivity index (χ1) is 25.8. The van der Waals surface area contributed by atoms with Gasteiger partial charge in [0.1, 0.15) is 0 Å². The van der Waals surface area contributed by atoms with Crippen LogP contribution in [-0.2, 0) is 0 Å². The predicted molar refractivity (Wildman–Crippen MR) is 222 cm³/mol. The van der Waals surface area contributed by atoms with Crippen LogP contribution in [0.3, 0.4) is 0 Å². The van der Waals surface area contributed by atoms with Gasteiger partial charge in [-0.15, -0.1) is 22.7 Å². The summed E-state index contributed by atoms with van der Waals surface area (Å²) in [5, 5.41) is 8.52. The number of thiophene rings is 2. The summed E-state index contributed by atoms with van der Waals surface area (Å²) in [6.45, 7) is 0. The summed E-state index contributed by atoms with van der Waals surface area (Å²) < 4.78 is 4.96. The molecule has 0 radical (unpaired) electrons. The number of hydrogen-bond acceptors (Lipinski definition) is 5. The second-order valence-electron chi connectivity index (χ2n) is 13.1. The maximum atomic E-state index is 5.41. The number of para-hydroxylation sites is 1. The third-order valence-electron chi connectivity index (χ3n) is 10.1. The highest BCUT2D eigenvalue weighted by atomic mass is 32.1. The fraction of sp³-hybridized carbons (Fsp3) is 0. The summed E-state index contributed by atoms with van der Waals surface area (Å²) in [6, 6.07) is 58.1. The second-order valence-corrected chi connectivity index (χ2v) is 15.2. The van der Waals surface area contributed by atoms with Gasteiger partial charge in [0, 0.05) is 78.8 Å². The van der Waals surface area contributed by atoms with Crippen molar-refractivity contribution in [2.45, 2.75) is 0 Å². The van der Waals surface area contributed by atoms with E-state index < -0.39 is 0 Å². The molecule has 0 aliphatic rings. The lowest BCUT2D eigenvalue weighted by molar-refractivity contribution is 1.19. The fourth-order valence-corrected chi connectivity index (χ4v) is 10.1. The average molecular weight is 698 g/mol. The second kappa shape index (κ2) is 11.6. The molecule has 0 saturated heterocycles. The van der Waals surface area contributed by atoms with Crippen molar-refractivity contribution in [1.82, 2.24) is 15.0 Å². The van der Waals surface area contributed by atoms with Crippen molar-refractivity contribution in [2.75, 3.05) is 0 Å². The summed E-state index contributed by atoms with van der Waals surface area (Å²) in [7, 11) is 0. The predicted octanol–water partition coefficient (Wildman–Crippen LogP) is 13.6. The SMILES string of the molecule is c1ccc(-c2cc(-c3cccc4sc5ccccc5c34)nc(-c3cccc4c3sc3ccc5c(-c6ccccc6)nc6ccccc6c5c34)n2)cc1. The molecule has 0 aliphatic heterocycles. The van der Waals surface area contributed by atoms with Crippen LogP contribution < -0.4 is 0 Å². The van der Waals surface area contributed by atoms with Crippen molar-refractivity contribution < 1.29 is 0 Å². The van der Waals surface area contributed by atoms with Crippen LogP contribution in [0.2, 0.25) is 0 Å². The van der Waals surface area contributed by atoms with Crippen LogP contribution in [0.15, 0.2) is 164 Å². The van der Waals surface area contributed by atoms with E-state index in [1.807, 2.05) is 22.7 Å². The van der Waals surface area contributed by atoms with Crippen molar-refractivity contribution in [2.24, 2.45) is 0 Å². The Morgan fingerprint density at radius 1 is 0.365 bits per heavy atom. The monoisotopic (exact) mass is 697 g/mol. The minimum atomic E-state index is 0.728. The number of nitrogens with zero attached hydrogens (tertiary/aromatic N) is 3. The molecular formula is C47H27N3S2. The Morgan fingerprint density at radius 2 is 1.02 bits per heavy atom. The molecule has 52 heavy (non-hydrogen) atoms. The van der Waals surface area contributed by atoms with Gasteiger partial charge in [-0.2, -0.15) is 0 Å². The van der Waals surface area contributed by atoms with Gasteiger partial charge in [0.25, 0.3) is 0 Å². The van der Waals surface area contributed by atoms with Crippen molar-refractivity contribution in [3.8, 4) is 45.2 Å². The molecule has 0 aliphatic carbocycles. The zero-order valence-electron chi connectivity index (χ0n) is 27.7. The Labute approximate surface area is 307 Å². The Bertz CT molecular complexity index is 3180. The summed E-state index contributed by atoms with van der Waals surface area (Å²) in [6.07, 6.45) is 0. The van der Waals surface area contributed by atoms with Crippen molar-refractivity contribution in [1.29, 1.82) is 0 Å². The average Bonchev–Trinajstić information content (AvgIpc) is 3.80. The highest BCUT2D eigenvalue weighted by Gasteiger charge is 2.20. The maximum absolute atomic E-state index is 5.41. The zero-order valence-corrected chi connectivity index (χ0v) is 29.4. The molecular weight excluding hydrogens is 671 g/mol. The minimum absolute atomic E-state index is 0.728. The lowest BCUT2D eigenvalue weighted by atomic mass is 9.96. The van der Waals surface area contributed by atoms with Crippen LogP contribution in [0.25, 0.3) is 107 Å². The van der Waals surface area contributed by atoms with E-state index in [-0.39, 0.29) is 0 Å². The van der Waals surface area contributed by atoms with Gasteiger partial charge in [-0.25, -0.2) is 15.0 Å². The molecule has 4 aromatic heterocycles. The van der Waals surface area contributed by atoms with E-state index in [0.717, 1.165) is 61.4 Å². The van der Waals surface area contributed by atoms with E-state index in [9.17, 15) is 0 Å².